The SMILES string of the molecule is CC(C)C[C@H](NC(=O)[C@H](C)N(C)C(=O)OCC1c2ccccc2-c2ccccc21)C(=O)N(C)[C@@H](CC(C)C)C(=O)N[C@@H](C)C(=O)N(C)[C@H](C(=O)N(C)[C@@H](CC(=O)O)C(=O)N(C)C)C1CCCC1. The van der Waals surface area contributed by atoms with Crippen LogP contribution in [0.5, 0.6) is 0 Å². The zero-order chi connectivity index (χ0) is 50.0. The second-order valence-corrected chi connectivity index (χ2v) is 19.3. The summed E-state index contributed by atoms with van der Waals surface area (Å²) in [7, 11) is 8.71. The number of carbonyl (C=O) groups excluding carboxylic acids is 7. The molecule has 67 heavy (non-hydrogen) atoms. The molecule has 3 N–H and O–H groups in total. The van der Waals surface area contributed by atoms with E-state index in [0.717, 1.165) is 40.0 Å². The predicted octanol–water partition coefficient (Wildman–Crippen LogP) is 4.57. The van der Waals surface area contributed by atoms with Crippen molar-refractivity contribution in [1.29, 1.82) is 0 Å². The average molecular weight is 932 g/mol. The summed E-state index contributed by atoms with van der Waals surface area (Å²) in [6.45, 7) is 10.7. The third-order valence-electron chi connectivity index (χ3n) is 13.2. The van der Waals surface area contributed by atoms with E-state index in [0.29, 0.717) is 12.8 Å². The van der Waals surface area contributed by atoms with Gasteiger partial charge < -0.3 is 40.1 Å². The van der Waals surface area contributed by atoms with Crippen LogP contribution in [0.25, 0.3) is 11.1 Å². The zero-order valence-electron chi connectivity index (χ0n) is 41.4. The third-order valence-corrected chi connectivity index (χ3v) is 13.2. The minimum Gasteiger partial charge on any atom is -0.481 e. The van der Waals surface area contributed by atoms with Gasteiger partial charge in [-0.1, -0.05) is 89.1 Å². The number of ether oxygens (including phenoxy) is 1. The van der Waals surface area contributed by atoms with Gasteiger partial charge in [0.1, 0.15) is 42.9 Å². The highest BCUT2D eigenvalue weighted by Crippen LogP contribution is 2.44. The smallest absolute Gasteiger partial charge is 0.410 e. The van der Waals surface area contributed by atoms with Gasteiger partial charge in [0.2, 0.25) is 35.4 Å². The number of amides is 7. The minimum atomic E-state index is -1.30. The highest BCUT2D eigenvalue weighted by Gasteiger charge is 2.43. The molecule has 0 unspecified atom stereocenters. The Morgan fingerprint density at radius 2 is 1.15 bits per heavy atom. The maximum atomic E-state index is 14.4. The van der Waals surface area contributed by atoms with Crippen molar-refractivity contribution in [3.05, 3.63) is 59.7 Å². The summed E-state index contributed by atoms with van der Waals surface area (Å²) in [6, 6.07) is 9.30. The third kappa shape index (κ3) is 13.1. The first kappa shape index (κ1) is 53.6. The van der Waals surface area contributed by atoms with E-state index in [1.807, 2.05) is 76.2 Å². The fourth-order valence-corrected chi connectivity index (χ4v) is 9.29. The number of nitrogens with zero attached hydrogens (tertiary/aromatic N) is 5. The molecule has 368 valence electrons. The molecule has 0 aromatic heterocycles. The topological polar surface area (TPSA) is 206 Å². The van der Waals surface area contributed by atoms with E-state index < -0.39 is 90.2 Å². The Morgan fingerprint density at radius 1 is 0.627 bits per heavy atom. The summed E-state index contributed by atoms with van der Waals surface area (Å²) in [4.78, 5) is 115. The molecule has 0 bridgehead atoms. The molecule has 7 amide bonds. The summed E-state index contributed by atoms with van der Waals surface area (Å²) in [5.74, 6) is -5.31. The Hall–Kier alpha value is -6.00. The number of nitrogens with one attached hydrogen (secondary N) is 2. The molecule has 17 heteroatoms. The van der Waals surface area contributed by atoms with Crippen LogP contribution in [-0.2, 0) is 38.3 Å². The Balaban J connectivity index is 1.46. The van der Waals surface area contributed by atoms with E-state index in [-0.39, 0.29) is 43.1 Å². The number of carbonyl (C=O) groups is 8. The zero-order valence-corrected chi connectivity index (χ0v) is 41.4. The largest absolute Gasteiger partial charge is 0.481 e. The molecule has 2 aromatic carbocycles. The lowest BCUT2D eigenvalue weighted by Gasteiger charge is -2.38. The number of carboxylic acids is 1. The fraction of sp³-hybridized carbons (Fsp3) is 0.600. The Morgan fingerprint density at radius 3 is 1.66 bits per heavy atom. The van der Waals surface area contributed by atoms with Crippen molar-refractivity contribution < 1.29 is 48.2 Å². The molecule has 1 saturated carbocycles. The molecular formula is C50H73N7O10. The van der Waals surface area contributed by atoms with Crippen molar-refractivity contribution in [3.8, 4) is 11.1 Å². The fourth-order valence-electron chi connectivity index (χ4n) is 9.29. The van der Waals surface area contributed by atoms with Crippen LogP contribution in [0.15, 0.2) is 48.5 Å². The van der Waals surface area contributed by atoms with Crippen LogP contribution in [0.2, 0.25) is 0 Å². The summed E-state index contributed by atoms with van der Waals surface area (Å²) < 4.78 is 5.79. The molecule has 2 aliphatic carbocycles. The minimum absolute atomic E-state index is 0.0571. The highest BCUT2D eigenvalue weighted by molar-refractivity contribution is 5.97. The van der Waals surface area contributed by atoms with Gasteiger partial charge in [-0.25, -0.2) is 4.79 Å². The van der Waals surface area contributed by atoms with Gasteiger partial charge >= 0.3 is 12.1 Å². The lowest BCUT2D eigenvalue weighted by molar-refractivity contribution is -0.154. The van der Waals surface area contributed by atoms with Crippen LogP contribution >= 0.6 is 0 Å². The standard InChI is InChI=1S/C50H73N7O10/c1-29(2)25-39(52-44(60)32(6)54(9)50(66)67-28-38-36-23-17-15-21-34(36)35-22-16-18-24-37(35)38)47(63)55(10)40(26-30(3)4)45(61)51-31(5)46(62)57(12)43(33-19-13-14-20-33)49(65)56(11)41(27-42(58)59)48(64)53(7)8/h15-18,21-24,29-33,38-41,43H,13-14,19-20,25-28H2,1-12H3,(H,51,61)(H,52,60)(H,58,59)/t31-,32-,39-,40-,41-,43-/m0/s1. The predicted molar refractivity (Wildman–Crippen MR) is 253 cm³/mol. The van der Waals surface area contributed by atoms with Crippen molar-refractivity contribution in [3.63, 3.8) is 0 Å². The molecule has 0 radical (unpaired) electrons. The monoisotopic (exact) mass is 932 g/mol. The van der Waals surface area contributed by atoms with Crippen molar-refractivity contribution >= 4 is 47.5 Å². The van der Waals surface area contributed by atoms with Gasteiger partial charge in [-0.2, -0.15) is 0 Å². The molecule has 0 heterocycles. The number of rotatable bonds is 21. The molecule has 2 aromatic rings. The molecule has 6 atom stereocenters. The number of likely N-dealkylation sites (N-methyl/N-ethyl adjacent to an activating group) is 5. The summed E-state index contributed by atoms with van der Waals surface area (Å²) in [5, 5.41) is 15.2. The molecule has 2 aliphatic rings. The van der Waals surface area contributed by atoms with E-state index >= 15 is 0 Å². The van der Waals surface area contributed by atoms with E-state index in [4.69, 9.17) is 4.74 Å². The second-order valence-electron chi connectivity index (χ2n) is 19.3. The van der Waals surface area contributed by atoms with Crippen LogP contribution in [0.4, 0.5) is 4.79 Å². The lowest BCUT2D eigenvalue weighted by Crippen LogP contribution is -2.60. The average Bonchev–Trinajstić information content (AvgIpc) is 3.93. The molecule has 0 saturated heterocycles. The summed E-state index contributed by atoms with van der Waals surface area (Å²) >= 11 is 0. The van der Waals surface area contributed by atoms with Crippen LogP contribution in [0.1, 0.15) is 104 Å². The number of aliphatic carboxylic acids is 1. The van der Waals surface area contributed by atoms with Gasteiger partial charge in [0, 0.05) is 48.2 Å². The number of hydrogen-bond donors (Lipinski definition) is 3. The van der Waals surface area contributed by atoms with Gasteiger partial charge in [0.05, 0.1) is 6.42 Å². The summed E-state index contributed by atoms with van der Waals surface area (Å²) in [6.07, 6.45) is 2.03. The van der Waals surface area contributed by atoms with Crippen LogP contribution in [-0.4, -0.2) is 162 Å². The van der Waals surface area contributed by atoms with Gasteiger partial charge in [0.25, 0.3) is 0 Å². The molecule has 1 fully saturated rings. The number of fused-ring (bicyclic) bond motifs is 3. The second kappa shape index (κ2) is 23.6. The Bertz CT molecular complexity index is 2070. The molecule has 17 nitrogen and oxygen atoms in total. The van der Waals surface area contributed by atoms with E-state index in [2.05, 4.69) is 10.6 Å². The first-order chi connectivity index (χ1) is 31.5. The molecular weight excluding hydrogens is 859 g/mol. The molecule has 0 aliphatic heterocycles. The highest BCUT2D eigenvalue weighted by atomic mass is 16.6. The van der Waals surface area contributed by atoms with Crippen LogP contribution in [0.3, 0.4) is 0 Å². The summed E-state index contributed by atoms with van der Waals surface area (Å²) in [5.41, 5.74) is 4.27. The van der Waals surface area contributed by atoms with Gasteiger partial charge in [0.15, 0.2) is 0 Å². The molecule has 0 spiro atoms. The maximum absolute atomic E-state index is 14.4. The Kier molecular flexibility index (Phi) is 18.9. The Labute approximate surface area is 395 Å². The maximum Gasteiger partial charge on any atom is 0.410 e. The lowest BCUT2D eigenvalue weighted by atomic mass is 9.94. The van der Waals surface area contributed by atoms with E-state index in [1.54, 1.807) is 6.92 Å². The first-order valence-corrected chi connectivity index (χ1v) is 23.4. The van der Waals surface area contributed by atoms with E-state index in [1.165, 1.54) is 68.8 Å². The van der Waals surface area contributed by atoms with Crippen LogP contribution in [0, 0.1) is 17.8 Å². The van der Waals surface area contributed by atoms with Crippen molar-refractivity contribution in [1.82, 2.24) is 35.1 Å². The van der Waals surface area contributed by atoms with Gasteiger partial charge in [-0.3, -0.25) is 38.5 Å². The van der Waals surface area contributed by atoms with Crippen molar-refractivity contribution in [2.45, 2.75) is 129 Å². The van der Waals surface area contributed by atoms with Crippen LogP contribution < -0.4 is 10.6 Å². The van der Waals surface area contributed by atoms with Crippen molar-refractivity contribution in [2.24, 2.45) is 17.8 Å². The quantitative estimate of drug-likeness (QED) is 0.159. The van der Waals surface area contributed by atoms with Gasteiger partial charge in [-0.15, -0.1) is 0 Å². The van der Waals surface area contributed by atoms with Gasteiger partial charge in [-0.05, 0) is 79.5 Å². The normalized spacial score (nSPS) is 16.1. The number of benzene rings is 2. The van der Waals surface area contributed by atoms with Crippen molar-refractivity contribution in [2.75, 3.05) is 48.9 Å². The molecule has 4 rings (SSSR count). The number of hydrogen-bond acceptors (Lipinski definition) is 9. The first-order valence-electron chi connectivity index (χ1n) is 23.4. The number of carboxylic acid groups (broad SMARTS) is 1. The van der Waals surface area contributed by atoms with E-state index in [9.17, 15) is 43.5 Å².